The molecular weight excluding hydrogens is 254 g/mol. The standard InChI is InChI=1S/C11H21N3O3S/c1-15-7-4-5-14(6-8-16-2)11-9(17-3)10(12)13-18-11/h4-8H2,1-3H3,(H2,12,13). The van der Waals surface area contributed by atoms with Crippen molar-refractivity contribution in [3.63, 3.8) is 0 Å². The van der Waals surface area contributed by atoms with Crippen molar-refractivity contribution in [3.8, 4) is 5.75 Å². The van der Waals surface area contributed by atoms with Crippen LogP contribution >= 0.6 is 11.5 Å². The van der Waals surface area contributed by atoms with Crippen molar-refractivity contribution >= 4 is 22.4 Å². The quantitative estimate of drug-likeness (QED) is 0.683. The van der Waals surface area contributed by atoms with Gasteiger partial charge in [0.15, 0.2) is 16.6 Å². The van der Waals surface area contributed by atoms with Gasteiger partial charge in [-0.25, -0.2) is 0 Å². The first kappa shape index (κ1) is 15.0. The van der Waals surface area contributed by atoms with Gasteiger partial charge in [0.05, 0.1) is 13.7 Å². The van der Waals surface area contributed by atoms with Gasteiger partial charge in [0.2, 0.25) is 0 Å². The minimum Gasteiger partial charge on any atom is -0.490 e. The highest BCUT2D eigenvalue weighted by Gasteiger charge is 2.18. The lowest BCUT2D eigenvalue weighted by atomic mass is 10.3. The van der Waals surface area contributed by atoms with E-state index in [2.05, 4.69) is 9.27 Å². The lowest BCUT2D eigenvalue weighted by molar-refractivity contribution is 0.191. The van der Waals surface area contributed by atoms with Crippen LogP contribution in [0.2, 0.25) is 0 Å². The van der Waals surface area contributed by atoms with Gasteiger partial charge >= 0.3 is 0 Å². The van der Waals surface area contributed by atoms with E-state index >= 15 is 0 Å². The first-order valence-corrected chi connectivity index (χ1v) is 6.53. The molecule has 104 valence electrons. The topological polar surface area (TPSA) is 69.8 Å². The van der Waals surface area contributed by atoms with Crippen LogP contribution in [0.3, 0.4) is 0 Å². The van der Waals surface area contributed by atoms with E-state index in [1.165, 1.54) is 11.5 Å². The predicted octanol–water partition coefficient (Wildman–Crippen LogP) is 1.22. The predicted molar refractivity (Wildman–Crippen MR) is 73.7 cm³/mol. The highest BCUT2D eigenvalue weighted by atomic mass is 32.1. The average Bonchev–Trinajstić information content (AvgIpc) is 2.74. The maximum atomic E-state index is 5.76. The third kappa shape index (κ3) is 4.01. The number of nitrogens with two attached hydrogens (primary N) is 1. The molecule has 0 aliphatic rings. The Labute approximate surface area is 112 Å². The molecule has 18 heavy (non-hydrogen) atoms. The lowest BCUT2D eigenvalue weighted by Crippen LogP contribution is -2.28. The first-order valence-electron chi connectivity index (χ1n) is 5.76. The number of rotatable bonds is 9. The highest BCUT2D eigenvalue weighted by molar-refractivity contribution is 7.11. The fraction of sp³-hybridized carbons (Fsp3) is 0.727. The van der Waals surface area contributed by atoms with Crippen molar-refractivity contribution in [2.75, 3.05) is 58.3 Å². The van der Waals surface area contributed by atoms with Crippen LogP contribution in [0.25, 0.3) is 0 Å². The summed E-state index contributed by atoms with van der Waals surface area (Å²) in [7, 11) is 4.99. The molecule has 0 aliphatic carbocycles. The van der Waals surface area contributed by atoms with Crippen molar-refractivity contribution in [2.45, 2.75) is 6.42 Å². The minimum atomic E-state index is 0.437. The minimum absolute atomic E-state index is 0.437. The number of hydrogen-bond acceptors (Lipinski definition) is 7. The molecule has 7 heteroatoms. The Balaban J connectivity index is 2.73. The van der Waals surface area contributed by atoms with E-state index in [4.69, 9.17) is 19.9 Å². The monoisotopic (exact) mass is 275 g/mol. The zero-order valence-corrected chi connectivity index (χ0v) is 12.0. The van der Waals surface area contributed by atoms with Crippen molar-refractivity contribution in [1.29, 1.82) is 0 Å². The molecule has 0 fully saturated rings. The van der Waals surface area contributed by atoms with Crippen LogP contribution in [0, 0.1) is 0 Å². The molecule has 1 aromatic heterocycles. The van der Waals surface area contributed by atoms with Crippen LogP contribution < -0.4 is 15.4 Å². The Morgan fingerprint density at radius 1 is 1.17 bits per heavy atom. The van der Waals surface area contributed by atoms with Crippen LogP contribution in [0.1, 0.15) is 6.42 Å². The van der Waals surface area contributed by atoms with E-state index in [0.717, 1.165) is 31.1 Å². The van der Waals surface area contributed by atoms with Crippen molar-refractivity contribution in [1.82, 2.24) is 4.37 Å². The molecule has 0 saturated heterocycles. The summed E-state index contributed by atoms with van der Waals surface area (Å²) >= 11 is 1.35. The molecule has 0 aliphatic heterocycles. The average molecular weight is 275 g/mol. The Morgan fingerprint density at radius 3 is 2.50 bits per heavy atom. The molecular formula is C11H21N3O3S. The van der Waals surface area contributed by atoms with E-state index < -0.39 is 0 Å². The molecule has 0 saturated carbocycles. The van der Waals surface area contributed by atoms with Gasteiger partial charge in [-0.05, 0) is 18.0 Å². The normalized spacial score (nSPS) is 10.6. The summed E-state index contributed by atoms with van der Waals surface area (Å²) in [6.45, 7) is 3.00. The fourth-order valence-electron chi connectivity index (χ4n) is 1.59. The van der Waals surface area contributed by atoms with Crippen LogP contribution in [-0.4, -0.2) is 52.0 Å². The Kier molecular flexibility index (Phi) is 6.77. The SMILES string of the molecule is COCCCN(CCOC)c1snc(N)c1OC. The van der Waals surface area contributed by atoms with E-state index in [1.54, 1.807) is 21.3 Å². The van der Waals surface area contributed by atoms with Gasteiger partial charge in [-0.15, -0.1) is 0 Å². The number of nitrogen functional groups attached to an aromatic ring is 1. The smallest absolute Gasteiger partial charge is 0.197 e. The summed E-state index contributed by atoms with van der Waals surface area (Å²) in [5.74, 6) is 1.08. The molecule has 0 aromatic carbocycles. The molecule has 2 N–H and O–H groups in total. The van der Waals surface area contributed by atoms with Gasteiger partial charge in [-0.1, -0.05) is 0 Å². The van der Waals surface area contributed by atoms with Crippen LogP contribution in [-0.2, 0) is 9.47 Å². The van der Waals surface area contributed by atoms with Gasteiger partial charge in [0.25, 0.3) is 0 Å². The zero-order valence-electron chi connectivity index (χ0n) is 11.1. The molecule has 0 spiro atoms. The lowest BCUT2D eigenvalue weighted by Gasteiger charge is -2.23. The number of hydrogen-bond donors (Lipinski definition) is 1. The molecule has 0 amide bonds. The summed E-state index contributed by atoms with van der Waals surface area (Å²) in [5, 5.41) is 0.947. The Morgan fingerprint density at radius 2 is 1.89 bits per heavy atom. The number of methoxy groups -OCH3 is 3. The van der Waals surface area contributed by atoms with E-state index in [9.17, 15) is 0 Å². The number of ether oxygens (including phenoxy) is 3. The number of nitrogens with zero attached hydrogens (tertiary/aromatic N) is 2. The van der Waals surface area contributed by atoms with Gasteiger partial charge in [-0.3, -0.25) is 0 Å². The number of aromatic nitrogens is 1. The first-order chi connectivity index (χ1) is 8.74. The Bertz CT molecular complexity index is 346. The maximum Gasteiger partial charge on any atom is 0.197 e. The molecule has 6 nitrogen and oxygen atoms in total. The van der Waals surface area contributed by atoms with Gasteiger partial charge < -0.3 is 24.8 Å². The highest BCUT2D eigenvalue weighted by Crippen LogP contribution is 2.37. The molecule has 0 atom stereocenters. The molecule has 0 bridgehead atoms. The van der Waals surface area contributed by atoms with Crippen molar-refractivity contribution < 1.29 is 14.2 Å². The molecule has 1 heterocycles. The van der Waals surface area contributed by atoms with Gasteiger partial charge in [0.1, 0.15) is 0 Å². The Hall–Kier alpha value is -1.05. The second kappa shape index (κ2) is 8.12. The van der Waals surface area contributed by atoms with E-state index in [0.29, 0.717) is 18.2 Å². The molecule has 1 aromatic rings. The summed E-state index contributed by atoms with van der Waals surface area (Å²) in [6.07, 6.45) is 0.932. The second-order valence-corrected chi connectivity index (χ2v) is 4.48. The summed E-state index contributed by atoms with van der Waals surface area (Å²) in [5.41, 5.74) is 5.76. The van der Waals surface area contributed by atoms with Crippen LogP contribution in [0.4, 0.5) is 10.8 Å². The van der Waals surface area contributed by atoms with Gasteiger partial charge in [-0.2, -0.15) is 4.37 Å². The van der Waals surface area contributed by atoms with Crippen molar-refractivity contribution in [2.24, 2.45) is 0 Å². The largest absolute Gasteiger partial charge is 0.490 e. The third-order valence-corrected chi connectivity index (χ3v) is 3.40. The maximum absolute atomic E-state index is 5.76. The van der Waals surface area contributed by atoms with Gasteiger partial charge in [0, 0.05) is 33.9 Å². The van der Waals surface area contributed by atoms with E-state index in [-0.39, 0.29) is 0 Å². The molecule has 0 radical (unpaired) electrons. The summed E-state index contributed by atoms with van der Waals surface area (Å²) in [6, 6.07) is 0. The van der Waals surface area contributed by atoms with Crippen LogP contribution in [0.15, 0.2) is 0 Å². The fourth-order valence-corrected chi connectivity index (χ4v) is 2.43. The van der Waals surface area contributed by atoms with Crippen LogP contribution in [0.5, 0.6) is 5.75 Å². The van der Waals surface area contributed by atoms with Crippen molar-refractivity contribution in [3.05, 3.63) is 0 Å². The number of anilines is 2. The molecule has 0 unspecified atom stereocenters. The van der Waals surface area contributed by atoms with E-state index in [1.807, 2.05) is 0 Å². The summed E-state index contributed by atoms with van der Waals surface area (Å²) < 4.78 is 19.6. The second-order valence-electron chi connectivity index (χ2n) is 3.73. The zero-order chi connectivity index (χ0) is 13.4. The summed E-state index contributed by atoms with van der Waals surface area (Å²) in [4.78, 5) is 2.16. The molecule has 1 rings (SSSR count). The third-order valence-electron chi connectivity index (χ3n) is 2.49.